The van der Waals surface area contributed by atoms with Gasteiger partial charge in [-0.2, -0.15) is 0 Å². The molecular weight excluding hydrogens is 517 g/mol. The van der Waals surface area contributed by atoms with Crippen LogP contribution in [0.1, 0.15) is 24.8 Å². The monoisotopic (exact) mass is 547 g/mol. The third-order valence-corrected chi connectivity index (χ3v) is 7.06. The van der Waals surface area contributed by atoms with Crippen molar-refractivity contribution in [2.75, 3.05) is 36.9 Å². The van der Waals surface area contributed by atoms with Gasteiger partial charge in [0.2, 0.25) is 0 Å². The van der Waals surface area contributed by atoms with E-state index in [1.54, 1.807) is 6.07 Å². The number of nitrogens with one attached hydrogen (secondary N) is 2. The van der Waals surface area contributed by atoms with Crippen LogP contribution in [-0.2, 0) is 6.61 Å². The Hall–Kier alpha value is -3.81. The Morgan fingerprint density at radius 3 is 2.41 bits per heavy atom. The van der Waals surface area contributed by atoms with E-state index in [9.17, 15) is 9.18 Å². The summed E-state index contributed by atoms with van der Waals surface area (Å²) in [6, 6.07) is 22.9. The number of benzene rings is 4. The molecule has 1 saturated heterocycles. The number of fused-ring (bicyclic) bond motifs is 1. The lowest BCUT2D eigenvalue weighted by atomic mass is 10.1. The lowest BCUT2D eigenvalue weighted by Crippen LogP contribution is -2.33. The highest BCUT2D eigenvalue weighted by molar-refractivity contribution is 6.30. The van der Waals surface area contributed by atoms with E-state index in [-0.39, 0.29) is 5.02 Å². The van der Waals surface area contributed by atoms with Crippen LogP contribution in [0.5, 0.6) is 11.5 Å². The summed E-state index contributed by atoms with van der Waals surface area (Å²) < 4.78 is 25.8. The number of halogens is 2. The van der Waals surface area contributed by atoms with Crippen molar-refractivity contribution in [2.45, 2.75) is 25.9 Å². The van der Waals surface area contributed by atoms with Gasteiger partial charge in [-0.3, -0.25) is 4.90 Å². The van der Waals surface area contributed by atoms with Crippen molar-refractivity contribution < 1.29 is 18.7 Å². The first-order valence-electron chi connectivity index (χ1n) is 13.2. The van der Waals surface area contributed by atoms with Crippen molar-refractivity contribution in [1.29, 1.82) is 0 Å². The number of nitrogens with zero attached hydrogens (tertiary/aromatic N) is 1. The minimum Gasteiger partial charge on any atom is -0.492 e. The van der Waals surface area contributed by atoms with Crippen molar-refractivity contribution in [2.24, 2.45) is 0 Å². The molecule has 0 saturated carbocycles. The normalized spacial score (nSPS) is 13.7. The molecule has 6 nitrogen and oxygen atoms in total. The summed E-state index contributed by atoms with van der Waals surface area (Å²) in [5.41, 5.74) is 1.94. The van der Waals surface area contributed by atoms with Crippen LogP contribution in [-0.4, -0.2) is 37.2 Å². The van der Waals surface area contributed by atoms with E-state index in [0.717, 1.165) is 28.6 Å². The van der Waals surface area contributed by atoms with Crippen LogP contribution in [0, 0.1) is 5.82 Å². The number of hydrogen-bond donors (Lipinski definition) is 2. The third kappa shape index (κ3) is 7.19. The van der Waals surface area contributed by atoms with E-state index in [1.807, 2.05) is 54.6 Å². The molecule has 0 bridgehead atoms. The molecule has 1 aliphatic heterocycles. The topological polar surface area (TPSA) is 62.8 Å². The maximum atomic E-state index is 13.7. The van der Waals surface area contributed by atoms with Gasteiger partial charge in [-0.15, -0.1) is 0 Å². The molecular formula is C31H31ClFN3O3. The number of urea groups is 1. The fourth-order valence-electron chi connectivity index (χ4n) is 4.68. The molecule has 0 atom stereocenters. The van der Waals surface area contributed by atoms with Crippen LogP contribution in [0.3, 0.4) is 0 Å². The smallest absolute Gasteiger partial charge is 0.323 e. The Bertz CT molecular complexity index is 1420. The largest absolute Gasteiger partial charge is 0.492 e. The first-order chi connectivity index (χ1) is 19.0. The highest BCUT2D eigenvalue weighted by Gasteiger charge is 2.12. The maximum absolute atomic E-state index is 13.7. The van der Waals surface area contributed by atoms with Crippen LogP contribution in [0.15, 0.2) is 78.9 Å². The van der Waals surface area contributed by atoms with E-state index in [1.165, 1.54) is 50.6 Å². The first kappa shape index (κ1) is 26.8. The Balaban J connectivity index is 1.18. The third-order valence-electron chi connectivity index (χ3n) is 6.75. The number of anilines is 2. The van der Waals surface area contributed by atoms with E-state index in [0.29, 0.717) is 30.3 Å². The molecule has 0 radical (unpaired) electrons. The number of hydrogen-bond acceptors (Lipinski definition) is 4. The SMILES string of the molecule is O=C(Nc1ccc(Cl)c(F)c1)Nc1ccc(OCc2ccc(OCCN3CCCCC3)cc2)c2ccccc12. The van der Waals surface area contributed by atoms with Gasteiger partial charge < -0.3 is 20.1 Å². The number of carbonyl (C=O) groups is 1. The van der Waals surface area contributed by atoms with E-state index in [2.05, 4.69) is 15.5 Å². The molecule has 1 aliphatic rings. The number of likely N-dealkylation sites (tertiary alicyclic amines) is 1. The second kappa shape index (κ2) is 12.8. The molecule has 1 fully saturated rings. The van der Waals surface area contributed by atoms with Gasteiger partial charge in [-0.05, 0) is 74.0 Å². The maximum Gasteiger partial charge on any atom is 0.323 e. The van der Waals surface area contributed by atoms with Gasteiger partial charge in [-0.25, -0.2) is 9.18 Å². The molecule has 2 N–H and O–H groups in total. The quantitative estimate of drug-likeness (QED) is 0.225. The first-order valence-corrected chi connectivity index (χ1v) is 13.5. The summed E-state index contributed by atoms with van der Waals surface area (Å²) in [6.45, 7) is 4.39. The van der Waals surface area contributed by atoms with Gasteiger partial charge in [0.15, 0.2) is 0 Å². The lowest BCUT2D eigenvalue weighted by Gasteiger charge is -2.26. The summed E-state index contributed by atoms with van der Waals surface area (Å²) in [5.74, 6) is 0.964. The second-order valence-electron chi connectivity index (χ2n) is 9.55. The van der Waals surface area contributed by atoms with Crippen LogP contribution in [0.4, 0.5) is 20.6 Å². The summed E-state index contributed by atoms with van der Waals surface area (Å²) in [4.78, 5) is 15.0. The molecule has 2 amide bonds. The molecule has 4 aromatic rings. The standard InChI is InChI=1S/C31H31ClFN3O3/c32-27-13-10-23(20-28(27)33)34-31(37)35-29-14-15-30(26-7-3-2-6-25(26)29)39-21-22-8-11-24(12-9-22)38-19-18-36-16-4-1-5-17-36/h2-3,6-15,20H,1,4-5,16-19,21H2,(H2,34,35,37). The zero-order chi connectivity index (χ0) is 27.0. The predicted octanol–water partition coefficient (Wildman–Crippen LogP) is 7.72. The van der Waals surface area contributed by atoms with Gasteiger partial charge in [0.1, 0.15) is 30.5 Å². The predicted molar refractivity (Wildman–Crippen MR) is 155 cm³/mol. The average molecular weight is 548 g/mol. The van der Waals surface area contributed by atoms with Crippen molar-refractivity contribution in [1.82, 2.24) is 4.90 Å². The van der Waals surface area contributed by atoms with Crippen LogP contribution in [0.25, 0.3) is 10.8 Å². The Kier molecular flexibility index (Phi) is 8.81. The Morgan fingerprint density at radius 1 is 0.872 bits per heavy atom. The molecule has 0 spiro atoms. The highest BCUT2D eigenvalue weighted by Crippen LogP contribution is 2.32. The van der Waals surface area contributed by atoms with E-state index in [4.69, 9.17) is 21.1 Å². The highest BCUT2D eigenvalue weighted by atomic mass is 35.5. The van der Waals surface area contributed by atoms with Gasteiger partial charge >= 0.3 is 6.03 Å². The number of amides is 2. The molecule has 1 heterocycles. The Morgan fingerprint density at radius 2 is 1.64 bits per heavy atom. The van der Waals surface area contributed by atoms with Crippen molar-refractivity contribution >= 4 is 39.8 Å². The molecule has 5 rings (SSSR count). The molecule has 0 aliphatic carbocycles. The number of ether oxygens (including phenoxy) is 2. The molecule has 8 heteroatoms. The molecule has 0 aromatic heterocycles. The summed E-state index contributed by atoms with van der Waals surface area (Å²) in [7, 11) is 0. The lowest BCUT2D eigenvalue weighted by molar-refractivity contribution is 0.183. The van der Waals surface area contributed by atoms with Crippen molar-refractivity contribution in [3.63, 3.8) is 0 Å². The van der Waals surface area contributed by atoms with E-state index >= 15 is 0 Å². The number of carbonyl (C=O) groups excluding carboxylic acids is 1. The fourth-order valence-corrected chi connectivity index (χ4v) is 4.80. The Labute approximate surface area is 232 Å². The summed E-state index contributed by atoms with van der Waals surface area (Å²) >= 11 is 5.72. The molecule has 39 heavy (non-hydrogen) atoms. The van der Waals surface area contributed by atoms with E-state index < -0.39 is 11.8 Å². The minimum absolute atomic E-state index is 0.00459. The average Bonchev–Trinajstić information content (AvgIpc) is 2.96. The van der Waals surface area contributed by atoms with Crippen molar-refractivity contribution in [3.05, 3.63) is 95.3 Å². The van der Waals surface area contributed by atoms with Gasteiger partial charge in [0.05, 0.1) is 10.7 Å². The number of rotatable bonds is 9. The van der Waals surface area contributed by atoms with Gasteiger partial charge in [0, 0.05) is 23.0 Å². The molecule has 202 valence electrons. The van der Waals surface area contributed by atoms with Crippen LogP contribution < -0.4 is 20.1 Å². The molecule has 4 aromatic carbocycles. The zero-order valence-corrected chi connectivity index (χ0v) is 22.3. The second-order valence-corrected chi connectivity index (χ2v) is 9.96. The van der Waals surface area contributed by atoms with Gasteiger partial charge in [0.25, 0.3) is 0 Å². The summed E-state index contributed by atoms with van der Waals surface area (Å²) in [6.07, 6.45) is 3.90. The van der Waals surface area contributed by atoms with Crippen molar-refractivity contribution in [3.8, 4) is 11.5 Å². The molecule has 0 unspecified atom stereocenters. The minimum atomic E-state index is -0.601. The van der Waals surface area contributed by atoms with Crippen LogP contribution >= 0.6 is 11.6 Å². The van der Waals surface area contributed by atoms with Gasteiger partial charge in [-0.1, -0.05) is 54.4 Å². The number of piperidine rings is 1. The fraction of sp³-hybridized carbons (Fsp3) is 0.258. The zero-order valence-electron chi connectivity index (χ0n) is 21.6. The summed E-state index contributed by atoms with van der Waals surface area (Å²) in [5, 5.41) is 7.15. The van der Waals surface area contributed by atoms with Crippen LogP contribution in [0.2, 0.25) is 5.02 Å².